The summed E-state index contributed by atoms with van der Waals surface area (Å²) < 4.78 is 4.72. The number of aromatic amines is 1. The minimum absolute atomic E-state index is 0.104. The number of nitrogens with one attached hydrogen (secondary N) is 3. The molecule has 230 valence electrons. The number of primary amides is 1. The first-order valence-electron chi connectivity index (χ1n) is 13.1. The molecule has 15 heteroatoms. The first-order valence-corrected chi connectivity index (χ1v) is 13.9. The normalized spacial score (nSPS) is 12.1. The fraction of sp³-hybridized carbons (Fsp3) is 0.207. The van der Waals surface area contributed by atoms with Crippen LogP contribution in [0.5, 0.6) is 17.2 Å². The number of phenols is 2. The summed E-state index contributed by atoms with van der Waals surface area (Å²) in [5.74, 6) is -2.13. The predicted molar refractivity (Wildman–Crippen MR) is 164 cm³/mol. The minimum Gasteiger partial charge on any atom is -0.507 e. The number of carbonyl (C=O) groups excluding carboxylic acids is 3. The Morgan fingerprint density at radius 1 is 1.07 bits per heavy atom. The van der Waals surface area contributed by atoms with Gasteiger partial charge in [0.15, 0.2) is 11.5 Å². The summed E-state index contributed by atoms with van der Waals surface area (Å²) in [6.07, 6.45) is -0.381. The van der Waals surface area contributed by atoms with Crippen LogP contribution in [0.2, 0.25) is 0 Å². The summed E-state index contributed by atoms with van der Waals surface area (Å²) in [4.78, 5) is 50.1. The highest BCUT2D eigenvalue weighted by Crippen LogP contribution is 2.45. The standard InChI is InChI=1S/C29H31N7O7S/c1-13(37)21(12-24(30)39)36-28(41)29(2,3)15-9-18(17-11-16(42-43-44-33)5-7-23(17)38)25(40)19(10-15)27-34-20-6-4-14(26(31)32)8-22(20)35-27/h4-11,21,38,40H,12,33H2,1-3H3,(H2,30,39)(H3,31,32)(H,34,35)(H,36,41)/t21-/m0/s1. The van der Waals surface area contributed by atoms with E-state index < -0.39 is 29.1 Å². The van der Waals surface area contributed by atoms with Crippen LogP contribution < -0.4 is 26.8 Å². The molecule has 0 aliphatic heterocycles. The smallest absolute Gasteiger partial charge is 0.230 e. The zero-order valence-electron chi connectivity index (χ0n) is 23.9. The summed E-state index contributed by atoms with van der Waals surface area (Å²) in [6.45, 7) is 4.42. The highest BCUT2D eigenvalue weighted by atomic mass is 32.2. The van der Waals surface area contributed by atoms with Crippen molar-refractivity contribution in [3.8, 4) is 39.8 Å². The zero-order valence-corrected chi connectivity index (χ0v) is 24.7. The number of fused-ring (bicyclic) bond motifs is 1. The van der Waals surface area contributed by atoms with Crippen molar-refractivity contribution in [1.29, 1.82) is 5.41 Å². The number of benzene rings is 3. The van der Waals surface area contributed by atoms with Crippen molar-refractivity contribution in [2.45, 2.75) is 38.6 Å². The molecule has 1 atom stereocenters. The van der Waals surface area contributed by atoms with E-state index in [1.54, 1.807) is 38.1 Å². The van der Waals surface area contributed by atoms with Gasteiger partial charge in [0.2, 0.25) is 11.8 Å². The van der Waals surface area contributed by atoms with Crippen molar-refractivity contribution in [2.75, 3.05) is 0 Å². The number of nitrogen functional groups attached to an aromatic ring is 1. The third-order valence-corrected chi connectivity index (χ3v) is 7.22. The highest BCUT2D eigenvalue weighted by molar-refractivity contribution is 7.92. The fourth-order valence-electron chi connectivity index (χ4n) is 4.49. The van der Waals surface area contributed by atoms with Crippen LogP contribution in [0.4, 0.5) is 0 Å². The second-order valence-electron chi connectivity index (χ2n) is 10.5. The Bertz CT molecular complexity index is 1790. The first-order chi connectivity index (χ1) is 20.7. The van der Waals surface area contributed by atoms with Crippen LogP contribution in [-0.4, -0.2) is 49.7 Å². The van der Waals surface area contributed by atoms with Gasteiger partial charge < -0.3 is 36.9 Å². The Hall–Kier alpha value is -5.12. The molecule has 2 amide bonds. The molecule has 1 aromatic heterocycles. The molecule has 0 bridgehead atoms. The van der Waals surface area contributed by atoms with E-state index in [0.717, 1.165) is 0 Å². The number of carbonyl (C=O) groups is 3. The van der Waals surface area contributed by atoms with Crippen molar-refractivity contribution in [3.63, 3.8) is 0 Å². The van der Waals surface area contributed by atoms with Crippen LogP contribution in [0.25, 0.3) is 33.5 Å². The molecule has 4 aromatic rings. The van der Waals surface area contributed by atoms with E-state index in [0.29, 0.717) is 34.4 Å². The third kappa shape index (κ3) is 6.59. The molecule has 44 heavy (non-hydrogen) atoms. The van der Waals surface area contributed by atoms with Crippen LogP contribution in [0.15, 0.2) is 48.5 Å². The Kier molecular flexibility index (Phi) is 9.13. The van der Waals surface area contributed by atoms with Crippen molar-refractivity contribution >= 4 is 46.7 Å². The summed E-state index contributed by atoms with van der Waals surface area (Å²) in [6, 6.07) is 11.0. The van der Waals surface area contributed by atoms with Gasteiger partial charge >= 0.3 is 0 Å². The number of aromatic hydroxyl groups is 2. The summed E-state index contributed by atoms with van der Waals surface area (Å²) in [5, 5.41) is 38.0. The number of nitrogens with two attached hydrogens (primary N) is 3. The Balaban J connectivity index is 1.92. The van der Waals surface area contributed by atoms with Crippen LogP contribution >= 0.6 is 12.2 Å². The molecule has 0 fully saturated rings. The molecule has 0 spiro atoms. The van der Waals surface area contributed by atoms with E-state index in [1.807, 2.05) is 0 Å². The second kappa shape index (κ2) is 12.6. The van der Waals surface area contributed by atoms with E-state index in [9.17, 15) is 24.6 Å². The monoisotopic (exact) mass is 621 g/mol. The molecular weight excluding hydrogens is 590 g/mol. The van der Waals surface area contributed by atoms with Gasteiger partial charge in [-0.15, -0.1) is 0 Å². The van der Waals surface area contributed by atoms with Crippen LogP contribution in [0, 0.1) is 5.41 Å². The average Bonchev–Trinajstić information content (AvgIpc) is 3.39. The van der Waals surface area contributed by atoms with Gasteiger partial charge in [0.25, 0.3) is 0 Å². The number of ketones is 1. The Labute approximate surface area is 255 Å². The molecule has 0 saturated heterocycles. The molecule has 11 N–H and O–H groups in total. The van der Waals surface area contributed by atoms with E-state index in [1.165, 1.54) is 31.2 Å². The lowest BCUT2D eigenvalue weighted by molar-refractivity contribution is -0.131. The molecule has 14 nitrogen and oxygen atoms in total. The van der Waals surface area contributed by atoms with Crippen LogP contribution in [0.1, 0.15) is 38.3 Å². The fourth-order valence-corrected chi connectivity index (χ4v) is 4.61. The number of phenolic OH excluding ortho intramolecular Hbond substituents is 2. The van der Waals surface area contributed by atoms with Gasteiger partial charge in [0, 0.05) is 16.7 Å². The molecule has 0 radical (unpaired) electrons. The van der Waals surface area contributed by atoms with E-state index in [2.05, 4.69) is 15.3 Å². The van der Waals surface area contributed by atoms with Crippen molar-refractivity contribution in [3.05, 3.63) is 59.7 Å². The van der Waals surface area contributed by atoms with Gasteiger partial charge in [-0.3, -0.25) is 24.9 Å². The summed E-state index contributed by atoms with van der Waals surface area (Å²) >= 11 is 0.464. The van der Waals surface area contributed by atoms with Gasteiger partial charge in [-0.05, 0) is 74.9 Å². The molecule has 0 unspecified atom stereocenters. The SMILES string of the molecule is CC(=O)[C@H](CC(N)=O)NC(=O)C(C)(C)c1cc(-c2nc3ccc(C(=N)N)cc3[nH]2)c(O)c(-c2cc(OOSN)ccc2O)c1. The lowest BCUT2D eigenvalue weighted by Gasteiger charge is -2.28. The predicted octanol–water partition coefficient (Wildman–Crippen LogP) is 2.65. The number of aromatic nitrogens is 2. The van der Waals surface area contributed by atoms with Crippen molar-refractivity contribution < 1.29 is 33.8 Å². The zero-order chi connectivity index (χ0) is 32.3. The molecule has 1 heterocycles. The van der Waals surface area contributed by atoms with E-state index >= 15 is 0 Å². The van der Waals surface area contributed by atoms with Gasteiger partial charge in [0.05, 0.1) is 34.5 Å². The van der Waals surface area contributed by atoms with E-state index in [4.69, 9.17) is 31.2 Å². The maximum atomic E-state index is 13.6. The highest BCUT2D eigenvalue weighted by Gasteiger charge is 2.35. The van der Waals surface area contributed by atoms with Gasteiger partial charge in [-0.2, -0.15) is 0 Å². The number of imidazole rings is 1. The molecular formula is C29H31N7O7S. The van der Waals surface area contributed by atoms with E-state index in [-0.39, 0.29) is 52.0 Å². The largest absolute Gasteiger partial charge is 0.507 e. The Morgan fingerprint density at radius 3 is 2.41 bits per heavy atom. The number of hydrogen-bond acceptors (Lipinski definition) is 11. The number of nitrogens with zero attached hydrogens (tertiary/aromatic N) is 1. The lowest BCUT2D eigenvalue weighted by Crippen LogP contribution is -2.49. The first kappa shape index (κ1) is 31.8. The number of amides is 2. The molecule has 0 saturated carbocycles. The average molecular weight is 622 g/mol. The minimum atomic E-state index is -1.36. The summed E-state index contributed by atoms with van der Waals surface area (Å²) in [7, 11) is 0. The summed E-state index contributed by atoms with van der Waals surface area (Å²) in [5.41, 5.74) is 11.8. The number of H-pyrrole nitrogens is 1. The van der Waals surface area contributed by atoms with Crippen LogP contribution in [-0.2, 0) is 24.1 Å². The number of rotatable bonds is 12. The second-order valence-corrected chi connectivity index (χ2v) is 10.8. The molecule has 4 rings (SSSR count). The topological polar surface area (TPSA) is 253 Å². The van der Waals surface area contributed by atoms with Crippen molar-refractivity contribution in [1.82, 2.24) is 15.3 Å². The molecule has 0 aliphatic carbocycles. The van der Waals surface area contributed by atoms with Gasteiger partial charge in [-0.1, -0.05) is 4.33 Å². The Morgan fingerprint density at radius 2 is 1.77 bits per heavy atom. The number of hydrogen-bond donors (Lipinski definition) is 8. The quantitative estimate of drug-likeness (QED) is 0.0285. The lowest BCUT2D eigenvalue weighted by atomic mass is 9.80. The van der Waals surface area contributed by atoms with Gasteiger partial charge in [0.1, 0.15) is 35.4 Å². The maximum absolute atomic E-state index is 13.6. The van der Waals surface area contributed by atoms with Crippen molar-refractivity contribution in [2.24, 2.45) is 16.6 Å². The van der Waals surface area contributed by atoms with Crippen LogP contribution in [0.3, 0.4) is 0 Å². The molecule has 3 aromatic carbocycles. The molecule has 0 aliphatic rings. The maximum Gasteiger partial charge on any atom is 0.230 e. The number of Topliss-reactive ketones (excluding diaryl/α,β-unsaturated/α-hetero) is 1. The number of amidine groups is 1. The van der Waals surface area contributed by atoms with Gasteiger partial charge in [-0.25, -0.2) is 4.98 Å². The third-order valence-electron chi connectivity index (χ3n) is 7.08.